The van der Waals surface area contributed by atoms with Gasteiger partial charge in [-0.3, -0.25) is 0 Å². The lowest BCUT2D eigenvalue weighted by molar-refractivity contribution is -0.107. The molecule has 0 N–H and O–H groups in total. The van der Waals surface area contributed by atoms with E-state index in [1.54, 1.807) is 14.2 Å². The standard InChI is InChI=1S/C16H16O3/c1-18-15-8-7-13(11-16(15)19-2)14-6-4-3-5-12(14)9-10-17/h3-8,10-11H,9H2,1-2H3. The van der Waals surface area contributed by atoms with Crippen molar-refractivity contribution in [1.29, 1.82) is 0 Å². The van der Waals surface area contributed by atoms with Gasteiger partial charge in [-0.2, -0.15) is 0 Å². The highest BCUT2D eigenvalue weighted by Crippen LogP contribution is 2.33. The number of aldehydes is 1. The summed E-state index contributed by atoms with van der Waals surface area (Å²) in [5, 5.41) is 0. The predicted molar refractivity (Wildman–Crippen MR) is 74.8 cm³/mol. The van der Waals surface area contributed by atoms with Crippen molar-refractivity contribution in [3.05, 3.63) is 48.0 Å². The molecule has 2 aromatic carbocycles. The molecule has 3 nitrogen and oxygen atoms in total. The van der Waals surface area contributed by atoms with Gasteiger partial charge in [0.1, 0.15) is 6.29 Å². The second kappa shape index (κ2) is 6.05. The zero-order valence-corrected chi connectivity index (χ0v) is 11.1. The van der Waals surface area contributed by atoms with E-state index in [2.05, 4.69) is 0 Å². The van der Waals surface area contributed by atoms with E-state index in [4.69, 9.17) is 9.47 Å². The first-order chi connectivity index (χ1) is 9.30. The number of ether oxygens (including phenoxy) is 2. The summed E-state index contributed by atoms with van der Waals surface area (Å²) < 4.78 is 10.5. The molecule has 0 heterocycles. The molecule has 0 aliphatic carbocycles. The van der Waals surface area contributed by atoms with E-state index in [0.717, 1.165) is 23.0 Å². The summed E-state index contributed by atoms with van der Waals surface area (Å²) in [5.41, 5.74) is 3.05. The normalized spacial score (nSPS) is 10.0. The Hall–Kier alpha value is -2.29. The highest BCUT2D eigenvalue weighted by Gasteiger charge is 2.08. The van der Waals surface area contributed by atoms with Gasteiger partial charge in [0.25, 0.3) is 0 Å². The summed E-state index contributed by atoms with van der Waals surface area (Å²) in [6, 6.07) is 13.6. The van der Waals surface area contributed by atoms with Gasteiger partial charge in [0.2, 0.25) is 0 Å². The van der Waals surface area contributed by atoms with Gasteiger partial charge in [-0.1, -0.05) is 30.3 Å². The molecule has 3 heteroatoms. The molecule has 19 heavy (non-hydrogen) atoms. The predicted octanol–water partition coefficient (Wildman–Crippen LogP) is 3.11. The Morgan fingerprint density at radius 3 is 2.42 bits per heavy atom. The molecule has 2 rings (SSSR count). The van der Waals surface area contributed by atoms with Crippen molar-refractivity contribution >= 4 is 6.29 Å². The second-order valence-electron chi connectivity index (χ2n) is 4.10. The Morgan fingerprint density at radius 1 is 1.00 bits per heavy atom. The van der Waals surface area contributed by atoms with Crippen LogP contribution in [0.3, 0.4) is 0 Å². The van der Waals surface area contributed by atoms with Crippen LogP contribution in [0.25, 0.3) is 11.1 Å². The Kier molecular flexibility index (Phi) is 4.18. The molecule has 0 atom stereocenters. The van der Waals surface area contributed by atoms with E-state index in [1.807, 2.05) is 42.5 Å². The van der Waals surface area contributed by atoms with Crippen molar-refractivity contribution < 1.29 is 14.3 Å². The number of benzene rings is 2. The van der Waals surface area contributed by atoms with Crippen molar-refractivity contribution in [3.63, 3.8) is 0 Å². The van der Waals surface area contributed by atoms with E-state index in [9.17, 15) is 4.79 Å². The SMILES string of the molecule is COc1ccc(-c2ccccc2CC=O)cc1OC. The Balaban J connectivity index is 2.49. The van der Waals surface area contributed by atoms with Crippen LogP contribution in [-0.2, 0) is 11.2 Å². The average molecular weight is 256 g/mol. The zero-order valence-electron chi connectivity index (χ0n) is 11.1. The lowest BCUT2D eigenvalue weighted by Gasteiger charge is -2.11. The molecule has 0 radical (unpaired) electrons. The van der Waals surface area contributed by atoms with Crippen molar-refractivity contribution in [3.8, 4) is 22.6 Å². The summed E-state index contributed by atoms with van der Waals surface area (Å²) in [5.74, 6) is 1.38. The van der Waals surface area contributed by atoms with Crippen LogP contribution in [0.5, 0.6) is 11.5 Å². The summed E-state index contributed by atoms with van der Waals surface area (Å²) >= 11 is 0. The molecule has 2 aromatic rings. The number of carbonyl (C=O) groups is 1. The molecule has 98 valence electrons. The van der Waals surface area contributed by atoms with Crippen LogP contribution in [0.4, 0.5) is 0 Å². The fourth-order valence-electron chi connectivity index (χ4n) is 2.07. The van der Waals surface area contributed by atoms with Crippen LogP contribution in [0.15, 0.2) is 42.5 Å². The average Bonchev–Trinajstić information content (AvgIpc) is 2.47. The van der Waals surface area contributed by atoms with Crippen LogP contribution in [-0.4, -0.2) is 20.5 Å². The molecule has 0 saturated carbocycles. The lowest BCUT2D eigenvalue weighted by atomic mass is 9.98. The maximum atomic E-state index is 10.7. The minimum Gasteiger partial charge on any atom is -0.493 e. The smallest absolute Gasteiger partial charge is 0.161 e. The van der Waals surface area contributed by atoms with Gasteiger partial charge in [-0.05, 0) is 28.8 Å². The molecule has 0 aliphatic heterocycles. The largest absolute Gasteiger partial charge is 0.493 e. The first kappa shape index (κ1) is 13.1. The minimum absolute atomic E-state index is 0.407. The minimum atomic E-state index is 0.407. The molecule has 0 saturated heterocycles. The van der Waals surface area contributed by atoms with Crippen LogP contribution < -0.4 is 9.47 Å². The van der Waals surface area contributed by atoms with Crippen LogP contribution in [0, 0.1) is 0 Å². The molecule has 0 spiro atoms. The van der Waals surface area contributed by atoms with Gasteiger partial charge >= 0.3 is 0 Å². The maximum Gasteiger partial charge on any atom is 0.161 e. The fraction of sp³-hybridized carbons (Fsp3) is 0.188. The molecule has 0 unspecified atom stereocenters. The molecular weight excluding hydrogens is 240 g/mol. The number of rotatable bonds is 5. The number of hydrogen-bond donors (Lipinski definition) is 0. The topological polar surface area (TPSA) is 35.5 Å². The van der Waals surface area contributed by atoms with Gasteiger partial charge in [-0.25, -0.2) is 0 Å². The van der Waals surface area contributed by atoms with Gasteiger partial charge in [0.15, 0.2) is 11.5 Å². The summed E-state index contributed by atoms with van der Waals surface area (Å²) in [4.78, 5) is 10.7. The Morgan fingerprint density at radius 2 is 1.74 bits per heavy atom. The molecule has 0 bridgehead atoms. The van der Waals surface area contributed by atoms with Gasteiger partial charge in [0, 0.05) is 6.42 Å². The highest BCUT2D eigenvalue weighted by atomic mass is 16.5. The lowest BCUT2D eigenvalue weighted by Crippen LogP contribution is -1.93. The monoisotopic (exact) mass is 256 g/mol. The summed E-state index contributed by atoms with van der Waals surface area (Å²) in [6.45, 7) is 0. The number of hydrogen-bond acceptors (Lipinski definition) is 3. The molecule has 0 aromatic heterocycles. The first-order valence-electron chi connectivity index (χ1n) is 6.04. The van der Waals surface area contributed by atoms with Gasteiger partial charge in [0.05, 0.1) is 14.2 Å². The van der Waals surface area contributed by atoms with E-state index in [0.29, 0.717) is 17.9 Å². The molecule has 0 amide bonds. The summed E-state index contributed by atoms with van der Waals surface area (Å²) in [7, 11) is 3.22. The van der Waals surface area contributed by atoms with E-state index >= 15 is 0 Å². The molecule has 0 fully saturated rings. The second-order valence-corrected chi connectivity index (χ2v) is 4.10. The molecule has 0 aliphatic rings. The maximum absolute atomic E-state index is 10.7. The van der Waals surface area contributed by atoms with Crippen LogP contribution in [0.1, 0.15) is 5.56 Å². The van der Waals surface area contributed by atoms with Crippen molar-refractivity contribution in [2.75, 3.05) is 14.2 Å². The number of methoxy groups -OCH3 is 2. The fourth-order valence-corrected chi connectivity index (χ4v) is 2.07. The van der Waals surface area contributed by atoms with E-state index in [-0.39, 0.29) is 0 Å². The van der Waals surface area contributed by atoms with Crippen molar-refractivity contribution in [1.82, 2.24) is 0 Å². The summed E-state index contributed by atoms with van der Waals surface area (Å²) in [6.07, 6.45) is 1.32. The Labute approximate surface area is 112 Å². The third-order valence-electron chi connectivity index (χ3n) is 3.02. The first-order valence-corrected chi connectivity index (χ1v) is 6.04. The zero-order chi connectivity index (χ0) is 13.7. The van der Waals surface area contributed by atoms with E-state index in [1.165, 1.54) is 0 Å². The third kappa shape index (κ3) is 2.76. The highest BCUT2D eigenvalue weighted by molar-refractivity contribution is 5.73. The third-order valence-corrected chi connectivity index (χ3v) is 3.02. The van der Waals surface area contributed by atoms with Crippen LogP contribution >= 0.6 is 0 Å². The quantitative estimate of drug-likeness (QED) is 0.771. The number of carbonyl (C=O) groups excluding carboxylic acids is 1. The van der Waals surface area contributed by atoms with E-state index < -0.39 is 0 Å². The van der Waals surface area contributed by atoms with Crippen molar-refractivity contribution in [2.24, 2.45) is 0 Å². The van der Waals surface area contributed by atoms with Gasteiger partial charge in [-0.15, -0.1) is 0 Å². The Bertz CT molecular complexity index is 576. The van der Waals surface area contributed by atoms with Gasteiger partial charge < -0.3 is 14.3 Å². The van der Waals surface area contributed by atoms with Crippen LogP contribution in [0.2, 0.25) is 0 Å². The van der Waals surface area contributed by atoms with Crippen molar-refractivity contribution in [2.45, 2.75) is 6.42 Å². The molecular formula is C16H16O3.